The van der Waals surface area contributed by atoms with Crippen molar-refractivity contribution >= 4 is 16.1 Å². The van der Waals surface area contributed by atoms with Crippen LogP contribution in [0, 0.1) is 0 Å². The van der Waals surface area contributed by atoms with Crippen LogP contribution in [0.25, 0.3) is 10.4 Å². The molecule has 1 rings (SSSR count). The smallest absolute Gasteiger partial charge is 0.349 e. The molecule has 0 aliphatic heterocycles. The highest BCUT2D eigenvalue weighted by molar-refractivity contribution is 7.89. The molecule has 90 valence electrons. The predicted molar refractivity (Wildman–Crippen MR) is 57.3 cm³/mol. The van der Waals surface area contributed by atoms with E-state index in [1.165, 1.54) is 24.3 Å². The lowest BCUT2D eigenvalue weighted by Gasteiger charge is -2.11. The molecular formula is C7H8N6O3S. The summed E-state index contributed by atoms with van der Waals surface area (Å²) in [6.45, 7) is 0. The van der Waals surface area contributed by atoms with Crippen molar-refractivity contribution < 1.29 is 13.2 Å². The number of nitrogens with zero attached hydrogens (tertiary/aromatic N) is 4. The Hall–Kier alpha value is -2.45. The third-order valence-corrected chi connectivity index (χ3v) is 3.08. The zero-order chi connectivity index (χ0) is 12.9. The van der Waals surface area contributed by atoms with E-state index in [9.17, 15) is 13.2 Å². The number of sulfonamides is 1. The first-order chi connectivity index (χ1) is 7.98. The lowest BCUT2D eigenvalue weighted by atomic mass is 10.4. The van der Waals surface area contributed by atoms with Gasteiger partial charge in [-0.15, -0.1) is 5.53 Å². The highest BCUT2D eigenvalue weighted by Gasteiger charge is 2.28. The summed E-state index contributed by atoms with van der Waals surface area (Å²) >= 11 is 0. The van der Waals surface area contributed by atoms with Crippen LogP contribution in [0.2, 0.25) is 0 Å². The second kappa shape index (κ2) is 5.05. The molecule has 0 aliphatic rings. The summed E-state index contributed by atoms with van der Waals surface area (Å²) in [5.74, 6) is 0. The number of benzene rings is 1. The number of amides is 2. The Morgan fingerprint density at radius 1 is 1.41 bits per heavy atom. The van der Waals surface area contributed by atoms with Crippen LogP contribution in [0.1, 0.15) is 0 Å². The first kappa shape index (κ1) is 12.6. The van der Waals surface area contributed by atoms with Gasteiger partial charge in [0.2, 0.25) is 0 Å². The van der Waals surface area contributed by atoms with Gasteiger partial charge in [0.15, 0.2) is 0 Å². The number of carbonyl (C=O) groups excluding carboxylic acids is 1. The van der Waals surface area contributed by atoms with Crippen molar-refractivity contribution in [3.05, 3.63) is 40.8 Å². The number of hydrazine groups is 1. The molecule has 0 heterocycles. The number of nitrogens with two attached hydrogens (primary N) is 1. The van der Waals surface area contributed by atoms with Crippen molar-refractivity contribution in [3.63, 3.8) is 0 Å². The van der Waals surface area contributed by atoms with E-state index < -0.39 is 16.1 Å². The maximum absolute atomic E-state index is 11.8. The molecule has 1 aromatic carbocycles. The molecule has 0 unspecified atom stereocenters. The number of primary amides is 1. The van der Waals surface area contributed by atoms with E-state index in [1.807, 2.05) is 0 Å². The first-order valence-corrected chi connectivity index (χ1v) is 5.64. The molecule has 0 spiro atoms. The molecule has 0 fully saturated rings. The number of nitrogens with one attached hydrogen (secondary N) is 1. The Morgan fingerprint density at radius 3 is 2.47 bits per heavy atom. The lowest BCUT2D eigenvalue weighted by Crippen LogP contribution is -2.44. The highest BCUT2D eigenvalue weighted by Crippen LogP contribution is 2.13. The molecular weight excluding hydrogens is 248 g/mol. The predicted octanol–water partition coefficient (Wildman–Crippen LogP) is 0.486. The highest BCUT2D eigenvalue weighted by atomic mass is 32.2. The van der Waals surface area contributed by atoms with Crippen molar-refractivity contribution in [1.29, 1.82) is 0 Å². The molecule has 0 aromatic heterocycles. The molecule has 0 saturated heterocycles. The van der Waals surface area contributed by atoms with E-state index in [2.05, 4.69) is 10.1 Å². The van der Waals surface area contributed by atoms with Crippen LogP contribution in [0.3, 0.4) is 0 Å². The molecule has 1 aromatic rings. The molecule has 0 radical (unpaired) electrons. The minimum atomic E-state index is -4.16. The monoisotopic (exact) mass is 256 g/mol. The van der Waals surface area contributed by atoms with Crippen molar-refractivity contribution in [3.8, 4) is 0 Å². The number of hydrogen-bond acceptors (Lipinski definition) is 4. The van der Waals surface area contributed by atoms with Crippen LogP contribution >= 0.6 is 0 Å². The molecule has 2 amide bonds. The summed E-state index contributed by atoms with van der Waals surface area (Å²) in [7, 11) is -4.16. The topological polar surface area (TPSA) is 141 Å². The molecule has 0 atom stereocenters. The number of carbonyl (C=O) groups is 1. The van der Waals surface area contributed by atoms with Crippen molar-refractivity contribution in [2.24, 2.45) is 11.0 Å². The van der Waals surface area contributed by atoms with Gasteiger partial charge in [-0.25, -0.2) is 4.79 Å². The van der Waals surface area contributed by atoms with Gasteiger partial charge in [-0.2, -0.15) is 18.8 Å². The van der Waals surface area contributed by atoms with Crippen LogP contribution in [-0.2, 0) is 10.0 Å². The van der Waals surface area contributed by atoms with E-state index >= 15 is 0 Å². The Morgan fingerprint density at radius 2 is 2.00 bits per heavy atom. The molecule has 17 heavy (non-hydrogen) atoms. The van der Waals surface area contributed by atoms with Gasteiger partial charge >= 0.3 is 16.1 Å². The normalized spacial score (nSPS) is 10.1. The largest absolute Gasteiger partial charge is 0.356 e. The van der Waals surface area contributed by atoms with Gasteiger partial charge < -0.3 is 5.73 Å². The summed E-state index contributed by atoms with van der Waals surface area (Å²) in [6.07, 6.45) is 0. The number of azide groups is 1. The van der Waals surface area contributed by atoms with Crippen LogP contribution < -0.4 is 11.2 Å². The quantitative estimate of drug-likeness (QED) is 0.350. The first-order valence-electron chi connectivity index (χ1n) is 4.20. The average molecular weight is 256 g/mol. The van der Waals surface area contributed by atoms with E-state index in [1.54, 1.807) is 11.5 Å². The summed E-state index contributed by atoms with van der Waals surface area (Å²) in [5.41, 5.74) is 14.7. The summed E-state index contributed by atoms with van der Waals surface area (Å²) in [6, 6.07) is 5.95. The zero-order valence-corrected chi connectivity index (χ0v) is 9.20. The summed E-state index contributed by atoms with van der Waals surface area (Å²) < 4.78 is 23.8. The Kier molecular flexibility index (Phi) is 3.75. The number of rotatable bonds is 4. The third-order valence-electron chi connectivity index (χ3n) is 1.60. The standard InChI is InChI=1S/C7H8N6O3S/c8-7(14)10-13(12-11-9)17(15,16)6-4-2-1-3-5-6/h1-5H,(H3,8,10,14). The third kappa shape index (κ3) is 3.00. The Balaban J connectivity index is 3.18. The summed E-state index contributed by atoms with van der Waals surface area (Å²) in [5, 5.41) is 2.83. The van der Waals surface area contributed by atoms with Crippen LogP contribution in [0.4, 0.5) is 4.79 Å². The molecule has 0 aliphatic carbocycles. The molecule has 9 nitrogen and oxygen atoms in total. The van der Waals surface area contributed by atoms with Crippen molar-refractivity contribution in [2.45, 2.75) is 4.90 Å². The van der Waals surface area contributed by atoms with Crippen molar-refractivity contribution in [1.82, 2.24) is 9.95 Å². The lowest BCUT2D eigenvalue weighted by molar-refractivity contribution is 0.228. The SMILES string of the molecule is [N-]=[N+]=NN(NC(N)=O)S(=O)(=O)c1ccccc1. The van der Waals surface area contributed by atoms with Gasteiger partial charge in [-0.1, -0.05) is 18.2 Å². The van der Waals surface area contributed by atoms with E-state index in [-0.39, 0.29) is 9.42 Å². The second-order valence-electron chi connectivity index (χ2n) is 2.72. The van der Waals surface area contributed by atoms with Gasteiger partial charge in [-0.05, 0) is 16.7 Å². The minimum absolute atomic E-state index is 0.0602. The minimum Gasteiger partial charge on any atom is -0.349 e. The van der Waals surface area contributed by atoms with E-state index in [0.29, 0.717) is 0 Å². The maximum Gasteiger partial charge on any atom is 0.356 e. The fourth-order valence-corrected chi connectivity index (χ4v) is 1.99. The Labute approximate surface area is 96.4 Å². The molecule has 3 N–H and O–H groups in total. The van der Waals surface area contributed by atoms with E-state index in [4.69, 9.17) is 11.3 Å². The van der Waals surface area contributed by atoms with Gasteiger partial charge in [0.1, 0.15) is 4.90 Å². The average Bonchev–Trinajstić information content (AvgIpc) is 2.29. The number of urea groups is 1. The van der Waals surface area contributed by atoms with Gasteiger partial charge in [0.25, 0.3) is 0 Å². The fraction of sp³-hybridized carbons (Fsp3) is 0. The van der Waals surface area contributed by atoms with Crippen LogP contribution in [0.15, 0.2) is 40.5 Å². The summed E-state index contributed by atoms with van der Waals surface area (Å²) in [4.78, 5) is 12.7. The van der Waals surface area contributed by atoms with Crippen LogP contribution in [0.5, 0.6) is 0 Å². The second-order valence-corrected chi connectivity index (χ2v) is 4.48. The van der Waals surface area contributed by atoms with E-state index in [0.717, 1.165) is 0 Å². The van der Waals surface area contributed by atoms with Crippen molar-refractivity contribution in [2.75, 3.05) is 0 Å². The van der Waals surface area contributed by atoms with Gasteiger partial charge in [0, 0.05) is 5.22 Å². The fourth-order valence-electron chi connectivity index (χ4n) is 0.953. The molecule has 0 saturated carbocycles. The van der Waals surface area contributed by atoms with Gasteiger partial charge in [0.05, 0.1) is 0 Å². The zero-order valence-electron chi connectivity index (χ0n) is 8.39. The maximum atomic E-state index is 11.8. The van der Waals surface area contributed by atoms with Crippen LogP contribution in [-0.4, -0.2) is 19.0 Å². The Bertz CT molecular complexity index is 550. The molecule has 10 heteroatoms. The molecule has 0 bridgehead atoms. The number of hydrogen-bond donors (Lipinski definition) is 2. The van der Waals surface area contributed by atoms with Gasteiger partial charge in [-0.3, -0.25) is 0 Å².